The second-order valence-electron chi connectivity index (χ2n) is 7.56. The Labute approximate surface area is 167 Å². The molecule has 5 heteroatoms. The maximum Gasteiger partial charge on any atom is 0.322 e. The van der Waals surface area contributed by atoms with Crippen LogP contribution in [0, 0.1) is 0 Å². The molecule has 0 aliphatic carbocycles. The molecule has 4 rings (SSSR count). The Morgan fingerprint density at radius 1 is 1.00 bits per heavy atom. The van der Waals surface area contributed by atoms with Crippen molar-refractivity contribution in [3.05, 3.63) is 53.6 Å². The molecule has 2 aromatic carbocycles. The number of hydrogen-bond donors (Lipinski definition) is 1. The van der Waals surface area contributed by atoms with E-state index in [0.29, 0.717) is 13.2 Å². The summed E-state index contributed by atoms with van der Waals surface area (Å²) in [6, 6.07) is 14.4. The Kier molecular flexibility index (Phi) is 5.70. The molecule has 2 aliphatic heterocycles. The number of fused-ring (bicyclic) bond motifs is 1. The molecule has 0 aromatic heterocycles. The molecule has 28 heavy (non-hydrogen) atoms. The number of urea groups is 1. The van der Waals surface area contributed by atoms with Gasteiger partial charge in [0, 0.05) is 37.6 Å². The first kappa shape index (κ1) is 18.7. The Morgan fingerprint density at radius 2 is 1.79 bits per heavy atom. The number of hydrogen-bond acceptors (Lipinski definition) is 3. The number of nitrogens with zero attached hydrogens (tertiary/aromatic N) is 2. The third-order valence-corrected chi connectivity index (χ3v) is 5.63. The molecule has 0 bridgehead atoms. The molecule has 5 nitrogen and oxygen atoms in total. The summed E-state index contributed by atoms with van der Waals surface area (Å²) < 4.78 is 5.60. The van der Waals surface area contributed by atoms with Gasteiger partial charge < -0.3 is 19.9 Å². The standard InChI is InChI=1S/C23H29N3O2/c1-2-28-22-11-6-18-12-15-26(17-19(18)16-22)23(27)24-20-7-9-21(10-8-20)25-13-4-3-5-14-25/h6-11,16H,2-5,12-15,17H2,1H3,(H,24,27). The lowest BCUT2D eigenvalue weighted by Gasteiger charge is -2.30. The Bertz CT molecular complexity index is 813. The molecule has 148 valence electrons. The third kappa shape index (κ3) is 4.24. The average Bonchev–Trinajstić information content (AvgIpc) is 2.74. The summed E-state index contributed by atoms with van der Waals surface area (Å²) in [4.78, 5) is 17.0. The van der Waals surface area contributed by atoms with Gasteiger partial charge in [0.05, 0.1) is 6.61 Å². The predicted molar refractivity (Wildman–Crippen MR) is 113 cm³/mol. The lowest BCUT2D eigenvalue weighted by molar-refractivity contribution is 0.206. The Hall–Kier alpha value is -2.69. The SMILES string of the molecule is CCOc1ccc2c(c1)CN(C(=O)Nc1ccc(N3CCCCC3)cc1)CC2. The van der Waals surface area contributed by atoms with Gasteiger partial charge in [-0.25, -0.2) is 4.79 Å². The summed E-state index contributed by atoms with van der Waals surface area (Å²) in [6.07, 6.45) is 4.73. The summed E-state index contributed by atoms with van der Waals surface area (Å²) in [5, 5.41) is 3.05. The van der Waals surface area contributed by atoms with Gasteiger partial charge in [-0.05, 0) is 80.1 Å². The average molecular weight is 380 g/mol. The van der Waals surface area contributed by atoms with E-state index in [2.05, 4.69) is 34.5 Å². The van der Waals surface area contributed by atoms with Crippen molar-refractivity contribution in [2.45, 2.75) is 39.2 Å². The van der Waals surface area contributed by atoms with Crippen LogP contribution in [0.25, 0.3) is 0 Å². The van der Waals surface area contributed by atoms with E-state index in [4.69, 9.17) is 4.74 Å². The molecule has 2 amide bonds. The van der Waals surface area contributed by atoms with Crippen LogP contribution in [0.5, 0.6) is 5.75 Å². The van der Waals surface area contributed by atoms with Crippen LogP contribution < -0.4 is 15.0 Å². The van der Waals surface area contributed by atoms with Crippen molar-refractivity contribution in [3.63, 3.8) is 0 Å². The van der Waals surface area contributed by atoms with E-state index in [1.54, 1.807) is 0 Å². The van der Waals surface area contributed by atoms with Gasteiger partial charge in [0.1, 0.15) is 5.75 Å². The highest BCUT2D eigenvalue weighted by Gasteiger charge is 2.21. The van der Waals surface area contributed by atoms with Crippen LogP contribution in [0.4, 0.5) is 16.2 Å². The number of carbonyl (C=O) groups is 1. The summed E-state index contributed by atoms with van der Waals surface area (Å²) in [7, 11) is 0. The number of nitrogens with one attached hydrogen (secondary N) is 1. The van der Waals surface area contributed by atoms with Crippen LogP contribution in [0.15, 0.2) is 42.5 Å². The number of ether oxygens (including phenoxy) is 1. The van der Waals surface area contributed by atoms with Gasteiger partial charge in [-0.2, -0.15) is 0 Å². The Morgan fingerprint density at radius 3 is 2.54 bits per heavy atom. The highest BCUT2D eigenvalue weighted by Crippen LogP contribution is 2.25. The van der Waals surface area contributed by atoms with E-state index in [-0.39, 0.29) is 6.03 Å². The maximum atomic E-state index is 12.7. The first-order chi connectivity index (χ1) is 13.7. The largest absolute Gasteiger partial charge is 0.494 e. The van der Waals surface area contributed by atoms with E-state index >= 15 is 0 Å². The molecule has 2 heterocycles. The van der Waals surface area contributed by atoms with Crippen molar-refractivity contribution in [2.75, 3.05) is 36.5 Å². The number of benzene rings is 2. The van der Waals surface area contributed by atoms with Crippen LogP contribution >= 0.6 is 0 Å². The molecular weight excluding hydrogens is 350 g/mol. The summed E-state index contributed by atoms with van der Waals surface area (Å²) in [6.45, 7) is 6.24. The molecule has 0 atom stereocenters. The molecule has 0 saturated carbocycles. The molecule has 0 spiro atoms. The van der Waals surface area contributed by atoms with Crippen molar-refractivity contribution in [1.29, 1.82) is 0 Å². The number of piperidine rings is 1. The molecule has 0 radical (unpaired) electrons. The van der Waals surface area contributed by atoms with Crippen LogP contribution in [0.2, 0.25) is 0 Å². The quantitative estimate of drug-likeness (QED) is 0.840. The minimum atomic E-state index is -0.0433. The van der Waals surface area contributed by atoms with E-state index in [9.17, 15) is 4.79 Å². The van der Waals surface area contributed by atoms with E-state index in [1.807, 2.05) is 30.0 Å². The van der Waals surface area contributed by atoms with Crippen LogP contribution in [-0.2, 0) is 13.0 Å². The predicted octanol–water partition coefficient (Wildman–Crippen LogP) is 4.67. The highest BCUT2D eigenvalue weighted by molar-refractivity contribution is 5.89. The minimum absolute atomic E-state index is 0.0433. The smallest absolute Gasteiger partial charge is 0.322 e. The molecule has 1 N–H and O–H groups in total. The number of carbonyl (C=O) groups excluding carboxylic acids is 1. The van der Waals surface area contributed by atoms with Crippen molar-refractivity contribution < 1.29 is 9.53 Å². The van der Waals surface area contributed by atoms with Crippen molar-refractivity contribution in [1.82, 2.24) is 4.90 Å². The second-order valence-corrected chi connectivity index (χ2v) is 7.56. The molecule has 2 aliphatic rings. The number of amides is 2. The van der Waals surface area contributed by atoms with Crippen LogP contribution in [0.1, 0.15) is 37.3 Å². The zero-order valence-electron chi connectivity index (χ0n) is 16.6. The minimum Gasteiger partial charge on any atom is -0.494 e. The molecule has 1 fully saturated rings. The fraction of sp³-hybridized carbons (Fsp3) is 0.435. The zero-order valence-corrected chi connectivity index (χ0v) is 16.6. The highest BCUT2D eigenvalue weighted by atomic mass is 16.5. The summed E-state index contributed by atoms with van der Waals surface area (Å²) in [5.41, 5.74) is 4.57. The van der Waals surface area contributed by atoms with E-state index in [0.717, 1.165) is 37.5 Å². The van der Waals surface area contributed by atoms with Crippen molar-refractivity contribution in [3.8, 4) is 5.75 Å². The lowest BCUT2D eigenvalue weighted by atomic mass is 10.00. The third-order valence-electron chi connectivity index (χ3n) is 5.63. The molecule has 1 saturated heterocycles. The van der Waals surface area contributed by atoms with Gasteiger partial charge in [-0.3, -0.25) is 0 Å². The fourth-order valence-electron chi connectivity index (χ4n) is 4.07. The molecular formula is C23H29N3O2. The first-order valence-electron chi connectivity index (χ1n) is 10.4. The first-order valence-corrected chi connectivity index (χ1v) is 10.4. The second kappa shape index (κ2) is 8.55. The van der Waals surface area contributed by atoms with Crippen LogP contribution in [-0.4, -0.2) is 37.2 Å². The van der Waals surface area contributed by atoms with Crippen molar-refractivity contribution in [2.24, 2.45) is 0 Å². The van der Waals surface area contributed by atoms with Gasteiger partial charge >= 0.3 is 6.03 Å². The number of rotatable bonds is 4. The molecule has 2 aromatic rings. The van der Waals surface area contributed by atoms with Gasteiger partial charge in [0.15, 0.2) is 0 Å². The summed E-state index contributed by atoms with van der Waals surface area (Å²) >= 11 is 0. The van der Waals surface area contributed by atoms with Gasteiger partial charge in [-0.15, -0.1) is 0 Å². The fourth-order valence-corrected chi connectivity index (χ4v) is 4.07. The van der Waals surface area contributed by atoms with E-state index in [1.165, 1.54) is 36.1 Å². The normalized spacial score (nSPS) is 16.5. The lowest BCUT2D eigenvalue weighted by Crippen LogP contribution is -2.38. The number of anilines is 2. The monoisotopic (exact) mass is 379 g/mol. The van der Waals surface area contributed by atoms with E-state index < -0.39 is 0 Å². The van der Waals surface area contributed by atoms with Crippen LogP contribution in [0.3, 0.4) is 0 Å². The van der Waals surface area contributed by atoms with Crippen molar-refractivity contribution >= 4 is 17.4 Å². The van der Waals surface area contributed by atoms with Gasteiger partial charge in [-0.1, -0.05) is 6.07 Å². The summed E-state index contributed by atoms with van der Waals surface area (Å²) in [5.74, 6) is 0.872. The zero-order chi connectivity index (χ0) is 19.3. The van der Waals surface area contributed by atoms with Gasteiger partial charge in [0.2, 0.25) is 0 Å². The molecule has 0 unspecified atom stereocenters. The maximum absolute atomic E-state index is 12.7. The Balaban J connectivity index is 1.38. The topological polar surface area (TPSA) is 44.8 Å². The van der Waals surface area contributed by atoms with Gasteiger partial charge in [0.25, 0.3) is 0 Å².